The molecule has 4 heteroatoms. The van der Waals surface area contributed by atoms with Gasteiger partial charge in [-0.05, 0) is 106 Å². The van der Waals surface area contributed by atoms with Gasteiger partial charge in [0.25, 0.3) is 0 Å². The van der Waals surface area contributed by atoms with Crippen molar-refractivity contribution in [3.05, 3.63) is 84.0 Å². The minimum atomic E-state index is -0.411. The SMILES string of the molecule is C=C(C)C(=O)Oc1ccc(C2(c3ccc(OC(=O)C(=C)C)cc3)CCC(C3CCC(CC)CC3)CC2)cc1. The fourth-order valence-corrected chi connectivity index (χ4v) is 6.49. The number of esters is 2. The van der Waals surface area contributed by atoms with E-state index < -0.39 is 11.9 Å². The predicted molar refractivity (Wildman–Crippen MR) is 152 cm³/mol. The summed E-state index contributed by atoms with van der Waals surface area (Å²) in [6.07, 6.45) is 11.4. The first-order valence-electron chi connectivity index (χ1n) is 14.2. The Kier molecular flexibility index (Phi) is 8.91. The van der Waals surface area contributed by atoms with Gasteiger partial charge in [0, 0.05) is 16.6 Å². The quantitative estimate of drug-likeness (QED) is 0.202. The van der Waals surface area contributed by atoms with Gasteiger partial charge in [0.05, 0.1) is 0 Å². The summed E-state index contributed by atoms with van der Waals surface area (Å²) in [6.45, 7) is 13.0. The van der Waals surface area contributed by atoms with Crippen molar-refractivity contribution in [2.45, 2.75) is 84.0 Å². The molecule has 2 aromatic carbocycles. The van der Waals surface area contributed by atoms with Crippen molar-refractivity contribution in [1.82, 2.24) is 0 Å². The third-order valence-electron chi connectivity index (χ3n) is 8.95. The summed E-state index contributed by atoms with van der Waals surface area (Å²) in [6, 6.07) is 16.0. The van der Waals surface area contributed by atoms with Crippen LogP contribution in [-0.2, 0) is 15.0 Å². The van der Waals surface area contributed by atoms with Crippen LogP contribution >= 0.6 is 0 Å². The van der Waals surface area contributed by atoms with Crippen LogP contribution in [0.25, 0.3) is 0 Å². The summed E-state index contributed by atoms with van der Waals surface area (Å²) in [5, 5.41) is 0. The molecule has 2 aliphatic rings. The van der Waals surface area contributed by atoms with Crippen molar-refractivity contribution in [3.63, 3.8) is 0 Å². The van der Waals surface area contributed by atoms with Crippen molar-refractivity contribution in [1.29, 1.82) is 0 Å². The van der Waals surface area contributed by atoms with E-state index in [0.29, 0.717) is 22.6 Å². The van der Waals surface area contributed by atoms with Gasteiger partial charge in [0.15, 0.2) is 0 Å². The Balaban J connectivity index is 1.57. The zero-order chi connectivity index (χ0) is 27.3. The standard InChI is InChI=1S/C34H42O4/c1-6-25-7-9-26(10-8-25)27-19-21-34(22-20-27,28-11-15-30(16-12-28)37-32(35)23(2)3)29-13-17-31(18-14-29)38-33(36)24(4)5/h11-18,25-27H,2,4,6-10,19-22H2,1,3,5H3. The van der Waals surface area contributed by atoms with Crippen LogP contribution in [0.5, 0.6) is 11.5 Å². The molecule has 2 fully saturated rings. The molecule has 2 aliphatic carbocycles. The first kappa shape index (κ1) is 27.9. The van der Waals surface area contributed by atoms with E-state index in [4.69, 9.17) is 9.47 Å². The van der Waals surface area contributed by atoms with Gasteiger partial charge in [-0.25, -0.2) is 9.59 Å². The second-order valence-corrected chi connectivity index (χ2v) is 11.5. The van der Waals surface area contributed by atoms with E-state index in [0.717, 1.165) is 30.6 Å². The second-order valence-electron chi connectivity index (χ2n) is 11.5. The number of benzene rings is 2. The molecule has 4 rings (SSSR count). The molecular weight excluding hydrogens is 472 g/mol. The molecule has 0 amide bonds. The van der Waals surface area contributed by atoms with E-state index in [2.05, 4.69) is 44.3 Å². The van der Waals surface area contributed by atoms with Gasteiger partial charge in [-0.2, -0.15) is 0 Å². The van der Waals surface area contributed by atoms with E-state index in [1.54, 1.807) is 13.8 Å². The molecule has 2 saturated carbocycles. The maximum Gasteiger partial charge on any atom is 0.338 e. The van der Waals surface area contributed by atoms with Crippen LogP contribution in [0.3, 0.4) is 0 Å². The molecule has 0 radical (unpaired) electrons. The molecule has 38 heavy (non-hydrogen) atoms. The molecule has 0 atom stereocenters. The van der Waals surface area contributed by atoms with E-state index >= 15 is 0 Å². The van der Waals surface area contributed by atoms with Crippen molar-refractivity contribution in [2.75, 3.05) is 0 Å². The number of hydrogen-bond donors (Lipinski definition) is 0. The lowest BCUT2D eigenvalue weighted by Gasteiger charge is -2.44. The van der Waals surface area contributed by atoms with Crippen molar-refractivity contribution in [3.8, 4) is 11.5 Å². The summed E-state index contributed by atoms with van der Waals surface area (Å²) in [5.41, 5.74) is 3.08. The molecule has 0 aromatic heterocycles. The number of hydrogen-bond acceptors (Lipinski definition) is 4. The Labute approximate surface area is 228 Å². The highest BCUT2D eigenvalue weighted by molar-refractivity contribution is 5.89. The van der Waals surface area contributed by atoms with Crippen LogP contribution in [-0.4, -0.2) is 11.9 Å². The van der Waals surface area contributed by atoms with E-state index in [-0.39, 0.29) is 5.41 Å². The Morgan fingerprint density at radius 2 is 1.11 bits per heavy atom. The summed E-state index contributed by atoms with van der Waals surface area (Å²) in [7, 11) is 0. The Bertz CT molecular complexity index is 1070. The van der Waals surface area contributed by atoms with E-state index in [1.165, 1.54) is 56.1 Å². The topological polar surface area (TPSA) is 52.6 Å². The molecule has 202 valence electrons. The smallest absolute Gasteiger partial charge is 0.338 e. The van der Waals surface area contributed by atoms with Gasteiger partial charge in [-0.15, -0.1) is 0 Å². The molecule has 0 heterocycles. The summed E-state index contributed by atoms with van der Waals surface area (Å²) >= 11 is 0. The highest BCUT2D eigenvalue weighted by atomic mass is 16.5. The van der Waals surface area contributed by atoms with Gasteiger partial charge in [-0.1, -0.05) is 63.6 Å². The highest BCUT2D eigenvalue weighted by Gasteiger charge is 2.41. The number of rotatable bonds is 8. The van der Waals surface area contributed by atoms with E-state index in [9.17, 15) is 9.59 Å². The average molecular weight is 515 g/mol. The Morgan fingerprint density at radius 1 is 0.711 bits per heavy atom. The molecule has 0 N–H and O–H groups in total. The Morgan fingerprint density at radius 3 is 1.47 bits per heavy atom. The average Bonchev–Trinajstić information content (AvgIpc) is 2.94. The zero-order valence-corrected chi connectivity index (χ0v) is 23.3. The van der Waals surface area contributed by atoms with Crippen LogP contribution in [0.1, 0.15) is 89.7 Å². The monoisotopic (exact) mass is 514 g/mol. The molecule has 0 spiro atoms. The van der Waals surface area contributed by atoms with E-state index in [1.807, 2.05) is 24.3 Å². The lowest BCUT2D eigenvalue weighted by atomic mass is 9.60. The maximum absolute atomic E-state index is 12.0. The molecule has 0 unspecified atom stereocenters. The summed E-state index contributed by atoms with van der Waals surface area (Å²) in [4.78, 5) is 24.0. The molecule has 0 saturated heterocycles. The normalized spacial score (nSPS) is 21.3. The molecule has 2 aromatic rings. The van der Waals surface area contributed by atoms with Crippen molar-refractivity contribution >= 4 is 11.9 Å². The van der Waals surface area contributed by atoms with Crippen LogP contribution in [0.2, 0.25) is 0 Å². The maximum atomic E-state index is 12.0. The predicted octanol–water partition coefficient (Wildman–Crippen LogP) is 8.34. The lowest BCUT2D eigenvalue weighted by Crippen LogP contribution is -2.35. The molecule has 0 bridgehead atoms. The van der Waals surface area contributed by atoms with Gasteiger partial charge in [0.2, 0.25) is 0 Å². The largest absolute Gasteiger partial charge is 0.423 e. The minimum Gasteiger partial charge on any atom is -0.423 e. The van der Waals surface area contributed by atoms with Crippen LogP contribution in [0.15, 0.2) is 72.8 Å². The molecule has 0 aliphatic heterocycles. The first-order chi connectivity index (χ1) is 18.2. The third kappa shape index (κ3) is 6.28. The second kappa shape index (κ2) is 12.1. The summed E-state index contributed by atoms with van der Waals surface area (Å²) in [5.74, 6) is 2.79. The minimum absolute atomic E-state index is 0.134. The van der Waals surface area contributed by atoms with Crippen molar-refractivity contribution in [2.24, 2.45) is 17.8 Å². The fourth-order valence-electron chi connectivity index (χ4n) is 6.49. The Hall–Kier alpha value is -3.14. The third-order valence-corrected chi connectivity index (χ3v) is 8.95. The fraction of sp³-hybridized carbons (Fsp3) is 0.471. The van der Waals surface area contributed by atoms with Crippen LogP contribution in [0, 0.1) is 17.8 Å². The van der Waals surface area contributed by atoms with Crippen molar-refractivity contribution < 1.29 is 19.1 Å². The van der Waals surface area contributed by atoms with Gasteiger partial charge in [0.1, 0.15) is 11.5 Å². The number of carbonyl (C=O) groups is 2. The molecule has 4 nitrogen and oxygen atoms in total. The van der Waals surface area contributed by atoms with Crippen LogP contribution < -0.4 is 9.47 Å². The highest BCUT2D eigenvalue weighted by Crippen LogP contribution is 2.50. The van der Waals surface area contributed by atoms with Gasteiger partial charge < -0.3 is 9.47 Å². The number of ether oxygens (including phenoxy) is 2. The number of carbonyl (C=O) groups excluding carboxylic acids is 2. The first-order valence-corrected chi connectivity index (χ1v) is 14.2. The summed E-state index contributed by atoms with van der Waals surface area (Å²) < 4.78 is 10.9. The van der Waals surface area contributed by atoms with Gasteiger partial charge in [-0.3, -0.25) is 0 Å². The van der Waals surface area contributed by atoms with Gasteiger partial charge >= 0.3 is 11.9 Å². The lowest BCUT2D eigenvalue weighted by molar-refractivity contribution is -0.130. The molecular formula is C34H42O4. The van der Waals surface area contributed by atoms with Crippen LogP contribution in [0.4, 0.5) is 0 Å². The zero-order valence-electron chi connectivity index (χ0n) is 23.3.